The number of Topliss-reactive ketones (excluding diaryl/α,β-unsaturated/α-hetero) is 1. The van der Waals surface area contributed by atoms with Gasteiger partial charge in [0.25, 0.3) is 0 Å². The van der Waals surface area contributed by atoms with Gasteiger partial charge >= 0.3 is 5.97 Å². The zero-order valence-corrected chi connectivity index (χ0v) is 17.9. The lowest BCUT2D eigenvalue weighted by Gasteiger charge is -2.09. The average molecular weight is 439 g/mol. The lowest BCUT2D eigenvalue weighted by atomic mass is 10.1. The predicted molar refractivity (Wildman–Crippen MR) is 115 cm³/mol. The van der Waals surface area contributed by atoms with E-state index in [9.17, 15) is 14.4 Å². The Morgan fingerprint density at radius 1 is 1.10 bits per heavy atom. The summed E-state index contributed by atoms with van der Waals surface area (Å²) in [6.07, 6.45) is 0.366. The molecule has 0 aliphatic carbocycles. The number of esters is 1. The lowest BCUT2D eigenvalue weighted by molar-refractivity contribution is -0.115. The first-order chi connectivity index (χ1) is 15.0. The minimum Gasteiger partial charge on any atom is -0.454 e. The summed E-state index contributed by atoms with van der Waals surface area (Å²) in [5.74, 6) is 0.365. The average Bonchev–Trinajstić information content (AvgIpc) is 3.21. The molecular formula is C22H21N3O5S. The van der Waals surface area contributed by atoms with Crippen LogP contribution in [-0.4, -0.2) is 34.4 Å². The zero-order valence-electron chi connectivity index (χ0n) is 17.1. The third kappa shape index (κ3) is 6.26. The van der Waals surface area contributed by atoms with Crippen molar-refractivity contribution in [3.63, 3.8) is 0 Å². The fourth-order valence-corrected chi connectivity index (χ4v) is 3.46. The first-order valence-corrected chi connectivity index (χ1v) is 10.6. The van der Waals surface area contributed by atoms with Crippen LogP contribution < -0.4 is 5.32 Å². The van der Waals surface area contributed by atoms with Gasteiger partial charge in [0.2, 0.25) is 11.8 Å². The second-order valence-corrected chi connectivity index (χ2v) is 7.52. The quantitative estimate of drug-likeness (QED) is 0.302. The molecule has 3 rings (SSSR count). The molecule has 0 fully saturated rings. The summed E-state index contributed by atoms with van der Waals surface area (Å²) in [6, 6.07) is 13.4. The number of hydrogen-bond donors (Lipinski definition) is 1. The van der Waals surface area contributed by atoms with Crippen molar-refractivity contribution in [3.8, 4) is 0 Å². The Balaban J connectivity index is 1.57. The summed E-state index contributed by atoms with van der Waals surface area (Å²) in [6.45, 7) is 3.10. The maximum atomic E-state index is 12.5. The Morgan fingerprint density at radius 2 is 1.84 bits per heavy atom. The number of benzene rings is 2. The molecule has 31 heavy (non-hydrogen) atoms. The number of carbonyl (C=O) groups excluding carboxylic acids is 3. The van der Waals surface area contributed by atoms with Gasteiger partial charge in [0, 0.05) is 22.6 Å². The largest absolute Gasteiger partial charge is 0.454 e. The molecule has 0 bridgehead atoms. The van der Waals surface area contributed by atoms with Gasteiger partial charge in [-0.3, -0.25) is 9.59 Å². The summed E-state index contributed by atoms with van der Waals surface area (Å²) in [7, 11) is 0. The van der Waals surface area contributed by atoms with Crippen molar-refractivity contribution in [2.24, 2.45) is 0 Å². The lowest BCUT2D eigenvalue weighted by Crippen LogP contribution is -2.15. The van der Waals surface area contributed by atoms with Gasteiger partial charge in [0.1, 0.15) is 0 Å². The van der Waals surface area contributed by atoms with Gasteiger partial charge in [-0.25, -0.2) is 4.79 Å². The molecule has 0 atom stereocenters. The van der Waals surface area contributed by atoms with Crippen LogP contribution in [-0.2, 0) is 15.3 Å². The van der Waals surface area contributed by atoms with E-state index in [0.717, 1.165) is 0 Å². The fraction of sp³-hybridized carbons (Fsp3) is 0.227. The molecule has 0 saturated carbocycles. The van der Waals surface area contributed by atoms with Crippen LogP contribution in [0.4, 0.5) is 5.69 Å². The molecule has 3 aromatic rings. The molecule has 0 aliphatic rings. The van der Waals surface area contributed by atoms with E-state index in [1.165, 1.54) is 11.8 Å². The Labute approximate surface area is 183 Å². The molecular weight excluding hydrogens is 418 g/mol. The second kappa shape index (κ2) is 10.5. The van der Waals surface area contributed by atoms with Crippen LogP contribution in [0.5, 0.6) is 0 Å². The maximum Gasteiger partial charge on any atom is 0.339 e. The Hall–Kier alpha value is -3.46. The number of ketones is 1. The number of rotatable bonds is 9. The number of anilines is 1. The van der Waals surface area contributed by atoms with Crippen molar-refractivity contribution in [2.45, 2.75) is 30.9 Å². The van der Waals surface area contributed by atoms with Gasteiger partial charge in [-0.05, 0) is 43.3 Å². The summed E-state index contributed by atoms with van der Waals surface area (Å²) >= 11 is 1.36. The number of nitrogens with zero attached hydrogens (tertiary/aromatic N) is 2. The highest BCUT2D eigenvalue weighted by molar-refractivity contribution is 7.98. The van der Waals surface area contributed by atoms with Gasteiger partial charge in [-0.1, -0.05) is 24.2 Å². The van der Waals surface area contributed by atoms with Gasteiger partial charge in [-0.2, -0.15) is 4.98 Å². The number of thioether (sulfide) groups is 1. The highest BCUT2D eigenvalue weighted by Gasteiger charge is 2.16. The number of amides is 1. The van der Waals surface area contributed by atoms with Gasteiger partial charge in [0.05, 0.1) is 11.3 Å². The third-order valence-corrected chi connectivity index (χ3v) is 5.23. The summed E-state index contributed by atoms with van der Waals surface area (Å²) in [5, 5.41) is 6.45. The Morgan fingerprint density at radius 3 is 2.52 bits per heavy atom. The molecule has 160 valence electrons. The van der Waals surface area contributed by atoms with Crippen molar-refractivity contribution < 1.29 is 23.6 Å². The van der Waals surface area contributed by atoms with E-state index in [1.54, 1.807) is 56.3 Å². The second-order valence-electron chi connectivity index (χ2n) is 6.50. The standard InChI is InChI=1S/C22H21N3O5S/c1-3-20(27)24-16-10-8-15(9-11-16)18(26)12-29-22(28)17-6-4-5-7-19(17)31-13-21-23-14(2)25-30-21/h4-11H,3,12-13H2,1-2H3,(H,24,27). The van der Waals surface area contributed by atoms with Crippen molar-refractivity contribution in [1.29, 1.82) is 0 Å². The number of aryl methyl sites for hydroxylation is 1. The number of carbonyl (C=O) groups is 3. The summed E-state index contributed by atoms with van der Waals surface area (Å²) in [4.78, 5) is 41.2. The molecule has 0 saturated heterocycles. The SMILES string of the molecule is CCC(=O)Nc1ccc(C(=O)COC(=O)c2ccccc2SCc2nc(C)no2)cc1. The van der Waals surface area contributed by atoms with E-state index in [-0.39, 0.29) is 18.3 Å². The van der Waals surface area contributed by atoms with E-state index in [0.29, 0.717) is 45.6 Å². The van der Waals surface area contributed by atoms with Crippen molar-refractivity contribution >= 4 is 35.1 Å². The van der Waals surface area contributed by atoms with Crippen LogP contribution in [0.15, 0.2) is 57.9 Å². The highest BCUT2D eigenvalue weighted by atomic mass is 32.2. The first-order valence-electron chi connectivity index (χ1n) is 9.57. The smallest absolute Gasteiger partial charge is 0.339 e. The summed E-state index contributed by atoms with van der Waals surface area (Å²) in [5.41, 5.74) is 1.34. The third-order valence-electron chi connectivity index (χ3n) is 4.17. The number of aromatic nitrogens is 2. The van der Waals surface area contributed by atoms with Crippen LogP contribution in [0.1, 0.15) is 45.8 Å². The molecule has 1 aromatic heterocycles. The molecule has 0 radical (unpaired) electrons. The van der Waals surface area contributed by atoms with Crippen LogP contribution >= 0.6 is 11.8 Å². The van der Waals surface area contributed by atoms with Gasteiger partial charge < -0.3 is 14.6 Å². The molecule has 1 heterocycles. The monoisotopic (exact) mass is 439 g/mol. The van der Waals surface area contributed by atoms with E-state index >= 15 is 0 Å². The van der Waals surface area contributed by atoms with Crippen molar-refractivity contribution in [3.05, 3.63) is 71.4 Å². The Bertz CT molecular complexity index is 1080. The molecule has 0 aliphatic heterocycles. The number of hydrogen-bond acceptors (Lipinski definition) is 8. The fourth-order valence-electron chi connectivity index (χ4n) is 2.58. The van der Waals surface area contributed by atoms with Crippen LogP contribution in [0.25, 0.3) is 0 Å². The Kier molecular flexibility index (Phi) is 7.55. The molecule has 1 amide bonds. The van der Waals surface area contributed by atoms with E-state index in [1.807, 2.05) is 6.07 Å². The molecule has 0 spiro atoms. The molecule has 2 aromatic carbocycles. The molecule has 0 unspecified atom stereocenters. The molecule has 8 nitrogen and oxygen atoms in total. The topological polar surface area (TPSA) is 111 Å². The predicted octanol–water partition coefficient (Wildman–Crippen LogP) is 4.06. The van der Waals surface area contributed by atoms with Crippen LogP contribution in [0.2, 0.25) is 0 Å². The molecule has 9 heteroatoms. The minimum absolute atomic E-state index is 0.112. The summed E-state index contributed by atoms with van der Waals surface area (Å²) < 4.78 is 10.3. The van der Waals surface area contributed by atoms with E-state index in [2.05, 4.69) is 15.5 Å². The number of ether oxygens (including phenoxy) is 1. The van der Waals surface area contributed by atoms with Crippen molar-refractivity contribution in [2.75, 3.05) is 11.9 Å². The normalized spacial score (nSPS) is 10.5. The molecule has 1 N–H and O–H groups in total. The minimum atomic E-state index is -0.593. The highest BCUT2D eigenvalue weighted by Crippen LogP contribution is 2.26. The van der Waals surface area contributed by atoms with Gasteiger partial charge in [0.15, 0.2) is 18.2 Å². The first kappa shape index (κ1) is 22.2. The number of nitrogens with one attached hydrogen (secondary N) is 1. The van der Waals surface area contributed by atoms with Gasteiger partial charge in [-0.15, -0.1) is 11.8 Å². The van der Waals surface area contributed by atoms with Crippen molar-refractivity contribution in [1.82, 2.24) is 10.1 Å². The van der Waals surface area contributed by atoms with Crippen LogP contribution in [0.3, 0.4) is 0 Å². The van der Waals surface area contributed by atoms with E-state index in [4.69, 9.17) is 9.26 Å². The van der Waals surface area contributed by atoms with E-state index < -0.39 is 5.97 Å². The van der Waals surface area contributed by atoms with Crippen LogP contribution in [0, 0.1) is 6.92 Å². The maximum absolute atomic E-state index is 12.5. The zero-order chi connectivity index (χ0) is 22.2.